The second-order valence-corrected chi connectivity index (χ2v) is 6.95. The molecule has 154 valence electrons. The van der Waals surface area contributed by atoms with Gasteiger partial charge >= 0.3 is 5.97 Å². The summed E-state index contributed by atoms with van der Waals surface area (Å²) >= 11 is 0. The number of rotatable bonds is 8. The van der Waals surface area contributed by atoms with Gasteiger partial charge in [0, 0.05) is 12.1 Å². The maximum absolute atomic E-state index is 12.3. The van der Waals surface area contributed by atoms with Crippen LogP contribution in [0.3, 0.4) is 0 Å². The van der Waals surface area contributed by atoms with Gasteiger partial charge in [-0.05, 0) is 50.5 Å². The van der Waals surface area contributed by atoms with Gasteiger partial charge in [-0.3, -0.25) is 4.79 Å². The quantitative estimate of drug-likeness (QED) is 0.415. The van der Waals surface area contributed by atoms with E-state index in [1.165, 1.54) is 18.9 Å². The van der Waals surface area contributed by atoms with E-state index in [4.69, 9.17) is 14.2 Å². The van der Waals surface area contributed by atoms with Gasteiger partial charge in [-0.2, -0.15) is 0 Å². The van der Waals surface area contributed by atoms with Crippen molar-refractivity contribution in [3.63, 3.8) is 0 Å². The molecule has 1 aromatic carbocycles. The summed E-state index contributed by atoms with van der Waals surface area (Å²) in [5.41, 5.74) is 0.775. The third kappa shape index (κ3) is 6.91. The monoisotopic (exact) mass is 389 g/mol. The minimum atomic E-state index is -0.824. The van der Waals surface area contributed by atoms with Crippen molar-refractivity contribution >= 4 is 18.0 Å². The Morgan fingerprint density at radius 1 is 1.18 bits per heavy atom. The number of esters is 1. The SMILES string of the molecule is CCOc1cc(/C=C/C(=O)O[C@H](C)C(=O)NC2CCCCCC2)ccc1OC. The number of benzene rings is 1. The van der Waals surface area contributed by atoms with Crippen LogP contribution in [0.5, 0.6) is 11.5 Å². The van der Waals surface area contributed by atoms with E-state index in [1.807, 2.05) is 13.0 Å². The van der Waals surface area contributed by atoms with Crippen molar-refractivity contribution in [2.45, 2.75) is 64.5 Å². The van der Waals surface area contributed by atoms with Gasteiger partial charge in [-0.1, -0.05) is 31.7 Å². The van der Waals surface area contributed by atoms with E-state index in [2.05, 4.69) is 5.32 Å². The van der Waals surface area contributed by atoms with Crippen molar-refractivity contribution in [3.8, 4) is 11.5 Å². The molecule has 0 unspecified atom stereocenters. The first-order valence-corrected chi connectivity index (χ1v) is 10.0. The van der Waals surface area contributed by atoms with Crippen LogP contribution in [0, 0.1) is 0 Å². The van der Waals surface area contributed by atoms with Crippen LogP contribution < -0.4 is 14.8 Å². The largest absolute Gasteiger partial charge is 0.493 e. The van der Waals surface area contributed by atoms with Gasteiger partial charge in [0.1, 0.15) is 0 Å². The van der Waals surface area contributed by atoms with Gasteiger partial charge in [0.15, 0.2) is 17.6 Å². The van der Waals surface area contributed by atoms with Crippen molar-refractivity contribution < 1.29 is 23.8 Å². The van der Waals surface area contributed by atoms with Gasteiger partial charge in [0.05, 0.1) is 13.7 Å². The fourth-order valence-electron chi connectivity index (χ4n) is 3.24. The summed E-state index contributed by atoms with van der Waals surface area (Å²) in [6, 6.07) is 5.56. The molecule has 1 aliphatic rings. The van der Waals surface area contributed by atoms with E-state index in [-0.39, 0.29) is 11.9 Å². The predicted molar refractivity (Wildman–Crippen MR) is 108 cm³/mol. The molecule has 0 aliphatic heterocycles. The zero-order valence-electron chi connectivity index (χ0n) is 17.0. The Labute approximate surface area is 167 Å². The van der Waals surface area contributed by atoms with Crippen LogP contribution in [0.25, 0.3) is 6.08 Å². The molecule has 2 rings (SSSR count). The number of methoxy groups -OCH3 is 1. The second-order valence-electron chi connectivity index (χ2n) is 6.95. The lowest BCUT2D eigenvalue weighted by Gasteiger charge is -2.19. The van der Waals surface area contributed by atoms with Crippen molar-refractivity contribution in [2.24, 2.45) is 0 Å². The van der Waals surface area contributed by atoms with Crippen LogP contribution in [0.4, 0.5) is 0 Å². The number of nitrogens with one attached hydrogen (secondary N) is 1. The molecule has 0 aromatic heterocycles. The summed E-state index contributed by atoms with van der Waals surface area (Å²) < 4.78 is 16.0. The highest BCUT2D eigenvalue weighted by molar-refractivity contribution is 5.90. The number of carbonyl (C=O) groups is 2. The lowest BCUT2D eigenvalue weighted by atomic mass is 10.1. The molecule has 28 heavy (non-hydrogen) atoms. The minimum Gasteiger partial charge on any atom is -0.493 e. The molecule has 1 aliphatic carbocycles. The maximum atomic E-state index is 12.3. The van der Waals surface area contributed by atoms with Gasteiger partial charge in [-0.15, -0.1) is 0 Å². The number of amides is 1. The lowest BCUT2D eigenvalue weighted by molar-refractivity contribution is -0.150. The van der Waals surface area contributed by atoms with E-state index in [9.17, 15) is 9.59 Å². The number of hydrogen-bond donors (Lipinski definition) is 1. The molecule has 0 bridgehead atoms. The summed E-state index contributed by atoms with van der Waals surface area (Å²) in [6.07, 6.45) is 8.80. The molecule has 1 fully saturated rings. The third-order valence-corrected chi connectivity index (χ3v) is 4.76. The average Bonchev–Trinajstić information content (AvgIpc) is 2.95. The van der Waals surface area contributed by atoms with E-state index < -0.39 is 12.1 Å². The second kappa shape index (κ2) is 11.4. The zero-order valence-corrected chi connectivity index (χ0v) is 17.0. The summed E-state index contributed by atoms with van der Waals surface area (Å²) in [5.74, 6) is 0.441. The van der Waals surface area contributed by atoms with Crippen molar-refractivity contribution in [1.29, 1.82) is 0 Å². The molecular formula is C22H31NO5. The van der Waals surface area contributed by atoms with Crippen LogP contribution >= 0.6 is 0 Å². The summed E-state index contributed by atoms with van der Waals surface area (Å²) in [7, 11) is 1.58. The standard InChI is InChI=1S/C22H31NO5/c1-4-27-20-15-17(11-13-19(20)26-3)12-14-21(24)28-16(2)22(25)23-18-9-7-5-6-8-10-18/h11-16,18H,4-10H2,1-3H3,(H,23,25)/b14-12+/t16-/m1/s1. The summed E-state index contributed by atoms with van der Waals surface area (Å²) in [4.78, 5) is 24.3. The molecule has 6 nitrogen and oxygen atoms in total. The third-order valence-electron chi connectivity index (χ3n) is 4.76. The molecule has 6 heteroatoms. The lowest BCUT2D eigenvalue weighted by Crippen LogP contribution is -2.41. The van der Waals surface area contributed by atoms with E-state index >= 15 is 0 Å². The van der Waals surface area contributed by atoms with Crippen molar-refractivity contribution in [3.05, 3.63) is 29.8 Å². The molecule has 1 amide bonds. The predicted octanol–water partition coefficient (Wildman–Crippen LogP) is 3.88. The van der Waals surface area contributed by atoms with Crippen LogP contribution in [0.15, 0.2) is 24.3 Å². The van der Waals surface area contributed by atoms with Gasteiger partial charge in [-0.25, -0.2) is 4.79 Å². The van der Waals surface area contributed by atoms with Crippen LogP contribution in [0.1, 0.15) is 57.9 Å². The Morgan fingerprint density at radius 2 is 1.89 bits per heavy atom. The summed E-state index contributed by atoms with van der Waals surface area (Å²) in [5, 5.41) is 3.00. The molecule has 1 N–H and O–H groups in total. The smallest absolute Gasteiger partial charge is 0.331 e. The van der Waals surface area contributed by atoms with Gasteiger partial charge in [0.25, 0.3) is 5.91 Å². The number of carbonyl (C=O) groups excluding carboxylic acids is 2. The molecule has 0 radical (unpaired) electrons. The van der Waals surface area contributed by atoms with Crippen LogP contribution in [0.2, 0.25) is 0 Å². The van der Waals surface area contributed by atoms with Crippen molar-refractivity contribution in [2.75, 3.05) is 13.7 Å². The normalized spacial score (nSPS) is 16.2. The number of ether oxygens (including phenoxy) is 3. The van der Waals surface area contributed by atoms with Gasteiger partial charge in [0.2, 0.25) is 0 Å². The number of hydrogen-bond acceptors (Lipinski definition) is 5. The molecule has 0 saturated heterocycles. The summed E-state index contributed by atoms with van der Waals surface area (Å²) in [6.45, 7) is 4.00. The Bertz CT molecular complexity index is 678. The highest BCUT2D eigenvalue weighted by Gasteiger charge is 2.21. The first-order chi connectivity index (χ1) is 13.5. The Hall–Kier alpha value is -2.50. The fourth-order valence-corrected chi connectivity index (χ4v) is 3.24. The van der Waals surface area contributed by atoms with Crippen molar-refractivity contribution in [1.82, 2.24) is 5.32 Å². The highest BCUT2D eigenvalue weighted by Crippen LogP contribution is 2.28. The van der Waals surface area contributed by atoms with E-state index in [1.54, 1.807) is 32.2 Å². The molecule has 0 spiro atoms. The average molecular weight is 389 g/mol. The van der Waals surface area contributed by atoms with Crippen LogP contribution in [-0.2, 0) is 14.3 Å². The van der Waals surface area contributed by atoms with E-state index in [0.29, 0.717) is 18.1 Å². The molecule has 1 saturated carbocycles. The van der Waals surface area contributed by atoms with E-state index in [0.717, 1.165) is 31.2 Å². The first kappa shape index (κ1) is 21.8. The Kier molecular flexibility index (Phi) is 8.85. The topological polar surface area (TPSA) is 73.9 Å². The maximum Gasteiger partial charge on any atom is 0.331 e. The molecule has 1 aromatic rings. The Morgan fingerprint density at radius 3 is 2.54 bits per heavy atom. The minimum absolute atomic E-state index is 0.183. The van der Waals surface area contributed by atoms with Gasteiger partial charge < -0.3 is 19.5 Å². The van der Waals surface area contributed by atoms with Crippen LogP contribution in [-0.4, -0.2) is 37.7 Å². The molecule has 1 atom stereocenters. The highest BCUT2D eigenvalue weighted by atomic mass is 16.5. The fraction of sp³-hybridized carbons (Fsp3) is 0.545. The molecule has 0 heterocycles. The zero-order chi connectivity index (χ0) is 20.4. The first-order valence-electron chi connectivity index (χ1n) is 10.0. The Balaban J connectivity index is 1.88. The molecular weight excluding hydrogens is 358 g/mol.